The van der Waals surface area contributed by atoms with Gasteiger partial charge in [-0.1, -0.05) is 37.3 Å². The molecular formula is C25H35N3O3. The van der Waals surface area contributed by atoms with Gasteiger partial charge in [-0.2, -0.15) is 0 Å². The Hall–Kier alpha value is -2.57. The molecule has 2 aromatic rings. The molecule has 6 nitrogen and oxygen atoms in total. The number of benzene rings is 2. The quantitative estimate of drug-likeness (QED) is 0.549. The van der Waals surface area contributed by atoms with Gasteiger partial charge in [0.15, 0.2) is 0 Å². The van der Waals surface area contributed by atoms with Crippen molar-refractivity contribution in [1.29, 1.82) is 0 Å². The predicted octanol–water partition coefficient (Wildman–Crippen LogP) is 4.52. The van der Waals surface area contributed by atoms with Crippen molar-refractivity contribution in [3.63, 3.8) is 0 Å². The van der Waals surface area contributed by atoms with E-state index in [2.05, 4.69) is 29.4 Å². The van der Waals surface area contributed by atoms with Crippen LogP contribution in [0.25, 0.3) is 0 Å². The summed E-state index contributed by atoms with van der Waals surface area (Å²) in [7, 11) is 0. The highest BCUT2D eigenvalue weighted by molar-refractivity contribution is 5.89. The Morgan fingerprint density at radius 3 is 2.81 bits per heavy atom. The number of para-hydroxylation sites is 1. The minimum absolute atomic E-state index is 0.175. The second-order valence-electron chi connectivity index (χ2n) is 8.34. The van der Waals surface area contributed by atoms with E-state index in [4.69, 9.17) is 9.47 Å². The average molecular weight is 426 g/mol. The first kappa shape index (κ1) is 23.1. The minimum atomic E-state index is -0.175. The third-order valence-corrected chi connectivity index (χ3v) is 5.56. The van der Waals surface area contributed by atoms with Gasteiger partial charge < -0.3 is 20.1 Å². The molecule has 168 valence electrons. The molecule has 0 spiro atoms. The van der Waals surface area contributed by atoms with Crippen molar-refractivity contribution in [2.45, 2.75) is 39.3 Å². The number of nitrogens with one attached hydrogen (secondary N) is 2. The molecule has 6 heteroatoms. The Bertz CT molecular complexity index is 800. The van der Waals surface area contributed by atoms with E-state index < -0.39 is 0 Å². The van der Waals surface area contributed by atoms with Crippen molar-refractivity contribution >= 4 is 11.7 Å². The highest BCUT2D eigenvalue weighted by Gasteiger charge is 2.21. The fourth-order valence-corrected chi connectivity index (χ4v) is 3.83. The Morgan fingerprint density at radius 1 is 1.16 bits per heavy atom. The molecule has 0 saturated carbocycles. The molecule has 1 saturated heterocycles. The fraction of sp³-hybridized carbons (Fsp3) is 0.480. The topological polar surface area (TPSA) is 62.8 Å². The van der Waals surface area contributed by atoms with Gasteiger partial charge in [-0.15, -0.1) is 0 Å². The lowest BCUT2D eigenvalue weighted by atomic mass is 9.99. The molecule has 31 heavy (non-hydrogen) atoms. The van der Waals surface area contributed by atoms with Gasteiger partial charge in [0.25, 0.3) is 0 Å². The number of anilines is 1. The fourth-order valence-electron chi connectivity index (χ4n) is 3.83. The maximum atomic E-state index is 12.3. The number of piperidine rings is 1. The Kier molecular flexibility index (Phi) is 9.18. The first-order valence-electron chi connectivity index (χ1n) is 11.2. The van der Waals surface area contributed by atoms with Crippen LogP contribution in [0.1, 0.15) is 32.3 Å². The first-order valence-corrected chi connectivity index (χ1v) is 11.2. The normalized spacial score (nSPS) is 17.7. The maximum absolute atomic E-state index is 12.3. The standard InChI is InChI=1S/C25H35N3O3/c1-20-8-7-13-28(18-20)21(2)17-26-25(29)27-23-10-6-9-22(16-23)19-30-14-15-31-24-11-4-3-5-12-24/h3-6,9-12,16,20-21H,7-8,13-15,17-19H2,1-2H3,(H2,26,27,29). The summed E-state index contributed by atoms with van der Waals surface area (Å²) in [5.74, 6) is 1.58. The molecule has 0 bridgehead atoms. The zero-order chi connectivity index (χ0) is 21.9. The molecule has 1 heterocycles. The molecule has 0 radical (unpaired) electrons. The monoisotopic (exact) mass is 425 g/mol. The maximum Gasteiger partial charge on any atom is 0.319 e. The van der Waals surface area contributed by atoms with E-state index in [9.17, 15) is 4.79 Å². The summed E-state index contributed by atoms with van der Waals surface area (Å²) in [4.78, 5) is 14.8. The summed E-state index contributed by atoms with van der Waals surface area (Å²) in [5, 5.41) is 5.92. The number of rotatable bonds is 10. The van der Waals surface area contributed by atoms with Gasteiger partial charge >= 0.3 is 6.03 Å². The van der Waals surface area contributed by atoms with Crippen molar-refractivity contribution in [2.75, 3.05) is 38.2 Å². The van der Waals surface area contributed by atoms with Crippen LogP contribution in [0.3, 0.4) is 0 Å². The number of hydrogen-bond acceptors (Lipinski definition) is 4. The lowest BCUT2D eigenvalue weighted by Crippen LogP contribution is -2.47. The number of hydrogen-bond donors (Lipinski definition) is 2. The van der Waals surface area contributed by atoms with E-state index in [-0.39, 0.29) is 6.03 Å². The van der Waals surface area contributed by atoms with Gasteiger partial charge in [0.05, 0.1) is 13.2 Å². The number of carbonyl (C=O) groups excluding carboxylic acids is 1. The lowest BCUT2D eigenvalue weighted by Gasteiger charge is -2.35. The molecule has 3 rings (SSSR count). The number of likely N-dealkylation sites (tertiary alicyclic amines) is 1. The Balaban J connectivity index is 1.34. The van der Waals surface area contributed by atoms with Crippen molar-refractivity contribution in [1.82, 2.24) is 10.2 Å². The van der Waals surface area contributed by atoms with Crippen molar-refractivity contribution in [3.8, 4) is 5.75 Å². The summed E-state index contributed by atoms with van der Waals surface area (Å²) >= 11 is 0. The lowest BCUT2D eigenvalue weighted by molar-refractivity contribution is 0.0889. The van der Waals surface area contributed by atoms with Crippen LogP contribution in [0.2, 0.25) is 0 Å². The van der Waals surface area contributed by atoms with E-state index in [0.29, 0.717) is 32.4 Å². The zero-order valence-corrected chi connectivity index (χ0v) is 18.7. The molecule has 2 unspecified atom stereocenters. The molecular weight excluding hydrogens is 390 g/mol. The number of amides is 2. The second kappa shape index (κ2) is 12.3. The van der Waals surface area contributed by atoms with Crippen LogP contribution in [0.4, 0.5) is 10.5 Å². The van der Waals surface area contributed by atoms with E-state index in [0.717, 1.165) is 36.0 Å². The van der Waals surface area contributed by atoms with E-state index >= 15 is 0 Å². The van der Waals surface area contributed by atoms with Crippen molar-refractivity contribution in [2.24, 2.45) is 5.92 Å². The summed E-state index contributed by atoms with van der Waals surface area (Å²) in [5.41, 5.74) is 1.77. The highest BCUT2D eigenvalue weighted by atomic mass is 16.5. The highest BCUT2D eigenvalue weighted by Crippen LogP contribution is 2.17. The first-order chi connectivity index (χ1) is 15.1. The molecule has 2 aromatic carbocycles. The second-order valence-corrected chi connectivity index (χ2v) is 8.34. The van der Waals surface area contributed by atoms with Crippen LogP contribution < -0.4 is 15.4 Å². The average Bonchev–Trinajstić information content (AvgIpc) is 2.78. The van der Waals surface area contributed by atoms with Crippen LogP contribution in [0, 0.1) is 5.92 Å². The van der Waals surface area contributed by atoms with Gasteiger partial charge in [-0.3, -0.25) is 4.90 Å². The summed E-state index contributed by atoms with van der Waals surface area (Å²) in [6.45, 7) is 8.82. The predicted molar refractivity (Wildman–Crippen MR) is 124 cm³/mol. The van der Waals surface area contributed by atoms with Gasteiger partial charge in [0, 0.05) is 24.8 Å². The van der Waals surface area contributed by atoms with Crippen LogP contribution >= 0.6 is 0 Å². The van der Waals surface area contributed by atoms with Gasteiger partial charge in [0.2, 0.25) is 0 Å². The molecule has 0 aliphatic carbocycles. The zero-order valence-electron chi connectivity index (χ0n) is 18.7. The Morgan fingerprint density at radius 2 is 2.00 bits per heavy atom. The van der Waals surface area contributed by atoms with Crippen LogP contribution in [-0.4, -0.2) is 49.8 Å². The largest absolute Gasteiger partial charge is 0.491 e. The number of carbonyl (C=O) groups is 1. The van der Waals surface area contributed by atoms with E-state index in [1.165, 1.54) is 12.8 Å². The molecule has 1 aliphatic heterocycles. The summed E-state index contributed by atoms with van der Waals surface area (Å²) in [6, 6.07) is 17.6. The molecule has 2 atom stereocenters. The van der Waals surface area contributed by atoms with Gasteiger partial charge in [0.1, 0.15) is 12.4 Å². The summed E-state index contributed by atoms with van der Waals surface area (Å²) < 4.78 is 11.3. The molecule has 2 amide bonds. The SMILES string of the molecule is CC1CCCN(C(C)CNC(=O)Nc2cccc(COCCOc3ccccc3)c2)C1. The van der Waals surface area contributed by atoms with E-state index in [1.54, 1.807) is 0 Å². The Labute approximate surface area is 185 Å². The molecule has 1 fully saturated rings. The molecule has 2 N–H and O–H groups in total. The number of nitrogens with zero attached hydrogens (tertiary/aromatic N) is 1. The third-order valence-electron chi connectivity index (χ3n) is 5.56. The van der Waals surface area contributed by atoms with Crippen molar-refractivity contribution in [3.05, 3.63) is 60.2 Å². The van der Waals surface area contributed by atoms with Crippen LogP contribution in [0.5, 0.6) is 5.75 Å². The van der Waals surface area contributed by atoms with Crippen LogP contribution in [-0.2, 0) is 11.3 Å². The molecule has 0 aromatic heterocycles. The van der Waals surface area contributed by atoms with Gasteiger partial charge in [-0.05, 0) is 62.1 Å². The molecule has 1 aliphatic rings. The smallest absolute Gasteiger partial charge is 0.319 e. The van der Waals surface area contributed by atoms with Crippen LogP contribution in [0.15, 0.2) is 54.6 Å². The number of urea groups is 1. The summed E-state index contributed by atoms with van der Waals surface area (Å²) in [6.07, 6.45) is 2.54. The third kappa shape index (κ3) is 8.23. The minimum Gasteiger partial charge on any atom is -0.491 e. The van der Waals surface area contributed by atoms with E-state index in [1.807, 2.05) is 54.6 Å². The number of ether oxygens (including phenoxy) is 2. The van der Waals surface area contributed by atoms with Gasteiger partial charge in [-0.25, -0.2) is 4.79 Å². The van der Waals surface area contributed by atoms with Crippen molar-refractivity contribution < 1.29 is 14.3 Å².